The fourth-order valence-electron chi connectivity index (χ4n) is 3.14. The summed E-state index contributed by atoms with van der Waals surface area (Å²) >= 11 is 0. The number of carbonyl (C=O) groups excluding carboxylic acids is 1. The Hall–Kier alpha value is -1.35. The lowest BCUT2D eigenvalue weighted by Crippen LogP contribution is -2.33. The topological polar surface area (TPSA) is 35.5 Å². The average molecular weight is 246 g/mol. The van der Waals surface area contributed by atoms with Crippen LogP contribution in [0.25, 0.3) is 0 Å². The standard InChI is InChI=1S/C15H18O3/c1-10-9-13(17-11(2)16)12-5-4-6-15(12)8-7-14(10,3)18-15/h7-9H,4-6H2,1-3H3. The maximum atomic E-state index is 11.3. The first kappa shape index (κ1) is 11.7. The van der Waals surface area contributed by atoms with Crippen molar-refractivity contribution in [2.45, 2.75) is 51.2 Å². The van der Waals surface area contributed by atoms with Crippen LogP contribution in [0.5, 0.6) is 0 Å². The van der Waals surface area contributed by atoms with E-state index < -0.39 is 0 Å². The summed E-state index contributed by atoms with van der Waals surface area (Å²) in [5, 5.41) is 0. The molecule has 18 heavy (non-hydrogen) atoms. The first-order valence-electron chi connectivity index (χ1n) is 6.47. The molecule has 3 heteroatoms. The van der Waals surface area contributed by atoms with Crippen LogP contribution >= 0.6 is 0 Å². The highest BCUT2D eigenvalue weighted by molar-refractivity contribution is 5.68. The Labute approximate surface area is 107 Å². The Morgan fingerprint density at radius 1 is 1.44 bits per heavy atom. The van der Waals surface area contributed by atoms with E-state index >= 15 is 0 Å². The van der Waals surface area contributed by atoms with E-state index in [1.807, 2.05) is 13.0 Å². The molecular formula is C15H18O3. The molecular weight excluding hydrogens is 228 g/mol. The highest BCUT2D eigenvalue weighted by atomic mass is 16.5. The second kappa shape index (κ2) is 3.58. The molecule has 1 spiro atoms. The van der Waals surface area contributed by atoms with Crippen molar-refractivity contribution >= 4 is 5.97 Å². The minimum absolute atomic E-state index is 0.268. The van der Waals surface area contributed by atoms with E-state index in [2.05, 4.69) is 19.1 Å². The molecule has 96 valence electrons. The Bertz CT molecular complexity index is 512. The fourth-order valence-corrected chi connectivity index (χ4v) is 3.14. The molecule has 2 bridgehead atoms. The maximum Gasteiger partial charge on any atom is 0.308 e. The lowest BCUT2D eigenvalue weighted by atomic mass is 9.92. The number of rotatable bonds is 1. The molecule has 0 amide bonds. The number of allylic oxidation sites excluding steroid dienone is 1. The average Bonchev–Trinajstić information content (AvgIpc) is 2.81. The second-order valence-electron chi connectivity index (χ2n) is 5.55. The Morgan fingerprint density at radius 2 is 2.22 bits per heavy atom. The smallest absolute Gasteiger partial charge is 0.308 e. The van der Waals surface area contributed by atoms with Gasteiger partial charge in [-0.2, -0.15) is 0 Å². The lowest BCUT2D eigenvalue weighted by molar-refractivity contribution is -0.136. The number of hydrogen-bond donors (Lipinski definition) is 0. The van der Waals surface area contributed by atoms with Gasteiger partial charge in [0.15, 0.2) is 0 Å². The van der Waals surface area contributed by atoms with Crippen molar-refractivity contribution in [2.75, 3.05) is 0 Å². The molecule has 1 fully saturated rings. The minimum Gasteiger partial charge on any atom is -0.427 e. The highest BCUT2D eigenvalue weighted by Gasteiger charge is 2.50. The normalized spacial score (nSPS) is 37.4. The summed E-state index contributed by atoms with van der Waals surface area (Å²) in [7, 11) is 0. The molecule has 3 aliphatic rings. The minimum atomic E-state index is -0.364. The summed E-state index contributed by atoms with van der Waals surface area (Å²) in [6.45, 7) is 5.53. The lowest BCUT2D eigenvalue weighted by Gasteiger charge is -2.30. The third kappa shape index (κ3) is 1.50. The van der Waals surface area contributed by atoms with Crippen molar-refractivity contribution in [1.29, 1.82) is 0 Å². The van der Waals surface area contributed by atoms with Crippen molar-refractivity contribution in [2.24, 2.45) is 0 Å². The SMILES string of the molecule is CC(=O)OC1=C2CCCC23C=CC(C)(O3)C(C)=C1. The van der Waals surface area contributed by atoms with Gasteiger partial charge in [0.1, 0.15) is 17.0 Å². The van der Waals surface area contributed by atoms with Gasteiger partial charge in [0, 0.05) is 12.5 Å². The van der Waals surface area contributed by atoms with E-state index in [0.29, 0.717) is 5.76 Å². The van der Waals surface area contributed by atoms with E-state index in [1.165, 1.54) is 6.92 Å². The van der Waals surface area contributed by atoms with Crippen molar-refractivity contribution < 1.29 is 14.3 Å². The van der Waals surface area contributed by atoms with Gasteiger partial charge in [-0.1, -0.05) is 0 Å². The van der Waals surface area contributed by atoms with E-state index in [0.717, 1.165) is 30.4 Å². The van der Waals surface area contributed by atoms with Crippen molar-refractivity contribution in [3.8, 4) is 0 Å². The second-order valence-corrected chi connectivity index (χ2v) is 5.55. The van der Waals surface area contributed by atoms with Crippen LogP contribution in [0.15, 0.2) is 35.1 Å². The number of carbonyl (C=O) groups is 1. The molecule has 3 nitrogen and oxygen atoms in total. The van der Waals surface area contributed by atoms with Crippen molar-refractivity contribution in [3.63, 3.8) is 0 Å². The molecule has 2 atom stereocenters. The van der Waals surface area contributed by atoms with Gasteiger partial charge in [-0.15, -0.1) is 0 Å². The van der Waals surface area contributed by atoms with Gasteiger partial charge >= 0.3 is 5.97 Å². The molecule has 0 radical (unpaired) electrons. The van der Waals surface area contributed by atoms with Crippen molar-refractivity contribution in [3.05, 3.63) is 35.1 Å². The molecule has 0 N–H and O–H groups in total. The first-order valence-corrected chi connectivity index (χ1v) is 6.47. The van der Waals surface area contributed by atoms with Crippen molar-refractivity contribution in [1.82, 2.24) is 0 Å². The number of hydrogen-bond acceptors (Lipinski definition) is 3. The molecule has 3 rings (SSSR count). The van der Waals surface area contributed by atoms with Crippen LogP contribution in [0, 0.1) is 0 Å². The summed E-state index contributed by atoms with van der Waals surface area (Å²) in [6.07, 6.45) is 9.23. The zero-order chi connectivity index (χ0) is 13.0. The van der Waals surface area contributed by atoms with Gasteiger partial charge < -0.3 is 9.47 Å². The van der Waals surface area contributed by atoms with E-state index in [9.17, 15) is 4.79 Å². The third-order valence-electron chi connectivity index (χ3n) is 4.23. The highest BCUT2D eigenvalue weighted by Crippen LogP contribution is 2.51. The van der Waals surface area contributed by atoms with Gasteiger partial charge in [0.2, 0.25) is 0 Å². The molecule has 0 aromatic carbocycles. The summed E-state index contributed by atoms with van der Waals surface area (Å²) in [5.41, 5.74) is 1.49. The van der Waals surface area contributed by atoms with Crippen LogP contribution < -0.4 is 0 Å². The van der Waals surface area contributed by atoms with E-state index in [1.54, 1.807) is 0 Å². The van der Waals surface area contributed by atoms with E-state index in [-0.39, 0.29) is 17.2 Å². The molecule has 2 unspecified atom stereocenters. The summed E-state index contributed by atoms with van der Waals surface area (Å²) in [6, 6.07) is 0. The number of fused-ring (bicyclic) bond motifs is 1. The monoisotopic (exact) mass is 246 g/mol. The summed E-state index contributed by atoms with van der Waals surface area (Å²) in [5.74, 6) is 0.432. The van der Waals surface area contributed by atoms with Gasteiger partial charge in [-0.25, -0.2) is 0 Å². The molecule has 2 aliphatic heterocycles. The maximum absolute atomic E-state index is 11.3. The predicted octanol–water partition coefficient (Wildman–Crippen LogP) is 3.03. The molecule has 0 saturated heterocycles. The molecule has 0 aromatic heterocycles. The van der Waals surface area contributed by atoms with Gasteiger partial charge in [-0.3, -0.25) is 4.79 Å². The van der Waals surface area contributed by atoms with Gasteiger partial charge in [0.25, 0.3) is 0 Å². The summed E-state index contributed by atoms with van der Waals surface area (Å²) < 4.78 is 11.7. The zero-order valence-corrected chi connectivity index (χ0v) is 11.1. The first-order chi connectivity index (χ1) is 8.45. The number of esters is 1. The van der Waals surface area contributed by atoms with Gasteiger partial charge in [0.05, 0.1) is 0 Å². The quantitative estimate of drug-likeness (QED) is 0.527. The predicted molar refractivity (Wildman–Crippen MR) is 67.8 cm³/mol. The van der Waals surface area contributed by atoms with Crippen LogP contribution in [0.2, 0.25) is 0 Å². The Kier molecular flexibility index (Phi) is 2.33. The Balaban J connectivity index is 2.15. The van der Waals surface area contributed by atoms with Crippen LogP contribution in [0.3, 0.4) is 0 Å². The number of ether oxygens (including phenoxy) is 2. The van der Waals surface area contributed by atoms with E-state index in [4.69, 9.17) is 9.47 Å². The molecule has 1 saturated carbocycles. The van der Waals surface area contributed by atoms with Crippen LogP contribution in [-0.2, 0) is 14.3 Å². The fraction of sp³-hybridized carbons (Fsp3) is 0.533. The molecule has 0 aromatic rings. The zero-order valence-electron chi connectivity index (χ0n) is 11.1. The largest absolute Gasteiger partial charge is 0.427 e. The molecule has 2 heterocycles. The molecule has 1 aliphatic carbocycles. The van der Waals surface area contributed by atoms with Gasteiger partial charge in [-0.05, 0) is 56.9 Å². The van der Waals surface area contributed by atoms with Crippen LogP contribution in [-0.4, -0.2) is 17.2 Å². The Morgan fingerprint density at radius 3 is 2.94 bits per heavy atom. The third-order valence-corrected chi connectivity index (χ3v) is 4.23. The van der Waals surface area contributed by atoms with Crippen LogP contribution in [0.1, 0.15) is 40.0 Å². The van der Waals surface area contributed by atoms with Crippen LogP contribution in [0.4, 0.5) is 0 Å². The summed E-state index contributed by atoms with van der Waals surface area (Å²) in [4.78, 5) is 11.3.